The van der Waals surface area contributed by atoms with Crippen LogP contribution < -0.4 is 5.32 Å². The van der Waals surface area contributed by atoms with Crippen molar-refractivity contribution in [1.29, 1.82) is 0 Å². The number of alkyl carbamates (subject to hydrolysis) is 1. The third-order valence-corrected chi connectivity index (χ3v) is 5.70. The first kappa shape index (κ1) is 44.2. The third-order valence-electron chi connectivity index (χ3n) is 5.44. The molecule has 0 aliphatic heterocycles. The quantitative estimate of drug-likeness (QED) is 0.0771. The van der Waals surface area contributed by atoms with Crippen molar-refractivity contribution in [3.05, 3.63) is 0 Å². The van der Waals surface area contributed by atoms with Gasteiger partial charge in [0.05, 0.1) is 126 Å². The van der Waals surface area contributed by atoms with E-state index in [1.807, 2.05) is 20.8 Å². The van der Waals surface area contributed by atoms with Gasteiger partial charge in [0.15, 0.2) is 0 Å². The van der Waals surface area contributed by atoms with Gasteiger partial charge in [0.25, 0.3) is 0 Å². The molecule has 0 atom stereocenters. The van der Waals surface area contributed by atoms with Crippen LogP contribution in [0.5, 0.6) is 0 Å². The number of rotatable bonds is 36. The van der Waals surface area contributed by atoms with E-state index in [9.17, 15) is 4.79 Å². The molecule has 14 heteroatoms. The molecule has 0 saturated heterocycles. The van der Waals surface area contributed by atoms with Crippen LogP contribution in [-0.2, 0) is 52.1 Å². The van der Waals surface area contributed by atoms with E-state index in [2.05, 4.69) is 5.32 Å². The summed E-state index contributed by atoms with van der Waals surface area (Å²) in [5, 5.41) is 2.63. The molecular formula is C31H62ClNO12. The fraction of sp³-hybridized carbons (Fsp3) is 0.968. The second kappa shape index (κ2) is 36.0. The van der Waals surface area contributed by atoms with E-state index in [-0.39, 0.29) is 0 Å². The maximum Gasteiger partial charge on any atom is 0.407 e. The Kier molecular flexibility index (Phi) is 35.3. The van der Waals surface area contributed by atoms with E-state index < -0.39 is 11.7 Å². The molecule has 0 unspecified atom stereocenters. The second-order valence-electron chi connectivity index (χ2n) is 10.7. The molecule has 0 aromatic carbocycles. The Morgan fingerprint density at radius 2 is 0.733 bits per heavy atom. The Hall–Kier alpha value is -0.840. The molecular weight excluding hydrogens is 614 g/mol. The van der Waals surface area contributed by atoms with Crippen LogP contribution in [0.3, 0.4) is 0 Å². The highest BCUT2D eigenvalue weighted by Crippen LogP contribution is 2.06. The number of halogens is 1. The predicted octanol–water partition coefficient (Wildman–Crippen LogP) is 3.48. The lowest BCUT2D eigenvalue weighted by atomic mass is 10.2. The number of carbonyl (C=O) groups is 1. The van der Waals surface area contributed by atoms with Crippen molar-refractivity contribution >= 4 is 17.7 Å². The Bertz CT molecular complexity index is 601. The Labute approximate surface area is 276 Å². The van der Waals surface area contributed by atoms with Crippen molar-refractivity contribution in [3.8, 4) is 0 Å². The van der Waals surface area contributed by atoms with Crippen molar-refractivity contribution < 1.29 is 56.9 Å². The molecule has 13 nitrogen and oxygen atoms in total. The van der Waals surface area contributed by atoms with Crippen molar-refractivity contribution in [1.82, 2.24) is 5.32 Å². The molecule has 0 bridgehead atoms. The molecule has 0 aromatic heterocycles. The topological polar surface area (TPSA) is 131 Å². The molecule has 0 rings (SSSR count). The van der Waals surface area contributed by atoms with Gasteiger partial charge in [-0.05, 0) is 33.6 Å². The SMILES string of the molecule is CC(C)(C)OC(=O)NCCOCCOCCOCCOCCOCCOCCOCCOCCOCCOCCCCCCCl. The summed E-state index contributed by atoms with van der Waals surface area (Å²) in [6.07, 6.45) is 4.04. The van der Waals surface area contributed by atoms with Crippen LogP contribution in [0.4, 0.5) is 4.79 Å². The number of amides is 1. The summed E-state index contributed by atoms with van der Waals surface area (Å²) in [5.74, 6) is 0.741. The van der Waals surface area contributed by atoms with Gasteiger partial charge in [0.2, 0.25) is 0 Å². The van der Waals surface area contributed by atoms with Crippen molar-refractivity contribution in [3.63, 3.8) is 0 Å². The number of hydrogen-bond acceptors (Lipinski definition) is 12. The number of alkyl halides is 1. The summed E-state index contributed by atoms with van der Waals surface area (Å²) in [5.41, 5.74) is -0.509. The predicted molar refractivity (Wildman–Crippen MR) is 172 cm³/mol. The highest BCUT2D eigenvalue weighted by Gasteiger charge is 2.15. The highest BCUT2D eigenvalue weighted by molar-refractivity contribution is 6.17. The van der Waals surface area contributed by atoms with Gasteiger partial charge in [0, 0.05) is 19.0 Å². The van der Waals surface area contributed by atoms with E-state index in [0.717, 1.165) is 31.7 Å². The molecule has 270 valence electrons. The zero-order chi connectivity index (χ0) is 32.9. The molecule has 0 heterocycles. The van der Waals surface area contributed by atoms with Gasteiger partial charge in [-0.15, -0.1) is 11.6 Å². The molecule has 0 aliphatic rings. The molecule has 0 spiro atoms. The minimum absolute atomic E-state index is 0.385. The van der Waals surface area contributed by atoms with Crippen LogP contribution in [0.2, 0.25) is 0 Å². The van der Waals surface area contributed by atoms with E-state index in [1.54, 1.807) is 0 Å². The molecule has 0 fully saturated rings. The van der Waals surface area contributed by atoms with E-state index >= 15 is 0 Å². The minimum Gasteiger partial charge on any atom is -0.444 e. The van der Waals surface area contributed by atoms with Gasteiger partial charge < -0.3 is 57.4 Å². The van der Waals surface area contributed by atoms with E-state index in [0.29, 0.717) is 132 Å². The van der Waals surface area contributed by atoms with Gasteiger partial charge in [0.1, 0.15) is 5.60 Å². The monoisotopic (exact) mass is 675 g/mol. The van der Waals surface area contributed by atoms with E-state index in [1.165, 1.54) is 6.42 Å². The van der Waals surface area contributed by atoms with Gasteiger partial charge in [-0.3, -0.25) is 0 Å². The van der Waals surface area contributed by atoms with Crippen LogP contribution in [0, 0.1) is 0 Å². The fourth-order valence-electron chi connectivity index (χ4n) is 3.27. The van der Waals surface area contributed by atoms with Gasteiger partial charge >= 0.3 is 6.09 Å². The average molecular weight is 676 g/mol. The zero-order valence-corrected chi connectivity index (χ0v) is 28.9. The number of unbranched alkanes of at least 4 members (excludes halogenated alkanes) is 3. The molecule has 1 N–H and O–H groups in total. The first-order valence-corrected chi connectivity index (χ1v) is 16.8. The summed E-state index contributed by atoms with van der Waals surface area (Å²) in [4.78, 5) is 11.5. The molecule has 1 amide bonds. The second-order valence-corrected chi connectivity index (χ2v) is 11.0. The normalized spacial score (nSPS) is 11.7. The first-order valence-electron chi connectivity index (χ1n) is 16.3. The fourth-order valence-corrected chi connectivity index (χ4v) is 3.46. The zero-order valence-electron chi connectivity index (χ0n) is 28.2. The average Bonchev–Trinajstić information content (AvgIpc) is 3.00. The highest BCUT2D eigenvalue weighted by atomic mass is 35.5. The summed E-state index contributed by atoms with van der Waals surface area (Å²) in [7, 11) is 0. The van der Waals surface area contributed by atoms with Gasteiger partial charge in [-0.1, -0.05) is 12.8 Å². The summed E-state index contributed by atoms with van der Waals surface area (Å²) >= 11 is 5.65. The number of ether oxygens (including phenoxy) is 11. The molecule has 0 saturated carbocycles. The summed E-state index contributed by atoms with van der Waals surface area (Å²) < 4.78 is 59.8. The van der Waals surface area contributed by atoms with Crippen LogP contribution >= 0.6 is 11.6 Å². The molecule has 0 aliphatic carbocycles. The lowest BCUT2D eigenvalue weighted by molar-refractivity contribution is -0.0264. The lowest BCUT2D eigenvalue weighted by Gasteiger charge is -2.19. The Balaban J connectivity index is 3.09. The summed E-state index contributed by atoms with van der Waals surface area (Å²) in [6, 6.07) is 0. The van der Waals surface area contributed by atoms with Crippen LogP contribution in [0.1, 0.15) is 46.5 Å². The molecule has 45 heavy (non-hydrogen) atoms. The Morgan fingerprint density at radius 1 is 0.444 bits per heavy atom. The van der Waals surface area contributed by atoms with Crippen molar-refractivity contribution in [2.24, 2.45) is 0 Å². The maximum absolute atomic E-state index is 11.5. The van der Waals surface area contributed by atoms with Crippen molar-refractivity contribution in [2.75, 3.05) is 145 Å². The third kappa shape index (κ3) is 41.1. The van der Waals surface area contributed by atoms with Crippen LogP contribution in [0.15, 0.2) is 0 Å². The number of hydrogen-bond donors (Lipinski definition) is 1. The number of nitrogens with one attached hydrogen (secondary N) is 1. The van der Waals surface area contributed by atoms with Crippen LogP contribution in [0.25, 0.3) is 0 Å². The van der Waals surface area contributed by atoms with E-state index in [4.69, 9.17) is 63.7 Å². The Morgan fingerprint density at radius 3 is 1.04 bits per heavy atom. The molecule has 0 radical (unpaired) electrons. The standard InChI is InChI=1S/C31H62ClNO12/c1-31(2,3)45-30(34)33-9-11-36-13-15-38-17-19-40-21-23-42-25-27-44-29-28-43-26-24-41-22-20-39-18-16-37-14-12-35-10-7-5-4-6-8-32/h4-29H2,1-3H3,(H,33,34). The largest absolute Gasteiger partial charge is 0.444 e. The van der Waals surface area contributed by atoms with Crippen LogP contribution in [-0.4, -0.2) is 156 Å². The minimum atomic E-state index is -0.509. The summed E-state index contributed by atoms with van der Waals surface area (Å²) in [6.45, 7) is 16.2. The number of carbonyl (C=O) groups excluding carboxylic acids is 1. The molecule has 0 aromatic rings. The van der Waals surface area contributed by atoms with Crippen molar-refractivity contribution in [2.45, 2.75) is 52.1 Å². The van der Waals surface area contributed by atoms with Gasteiger partial charge in [-0.25, -0.2) is 4.79 Å². The smallest absolute Gasteiger partial charge is 0.407 e. The first-order chi connectivity index (χ1) is 22.0. The maximum atomic E-state index is 11.5. The lowest BCUT2D eigenvalue weighted by Crippen LogP contribution is -2.34. The van der Waals surface area contributed by atoms with Gasteiger partial charge in [-0.2, -0.15) is 0 Å².